The highest BCUT2D eigenvalue weighted by molar-refractivity contribution is 7.09. The summed E-state index contributed by atoms with van der Waals surface area (Å²) in [6.45, 7) is 6.73. The van der Waals surface area contributed by atoms with E-state index >= 15 is 0 Å². The van der Waals surface area contributed by atoms with Crippen LogP contribution in [0.15, 0.2) is 29.6 Å². The number of benzene rings is 1. The van der Waals surface area contributed by atoms with Crippen molar-refractivity contribution in [1.82, 2.24) is 15.2 Å². The number of hydrogen-bond acceptors (Lipinski definition) is 7. The van der Waals surface area contributed by atoms with Gasteiger partial charge in [-0.1, -0.05) is 39.3 Å². The topological polar surface area (TPSA) is 126 Å². The molecule has 0 saturated heterocycles. The first kappa shape index (κ1) is 36.0. The summed E-state index contributed by atoms with van der Waals surface area (Å²) in [6, 6.07) is 3.52. The molecular weight excluding hydrogens is 611 g/mol. The van der Waals surface area contributed by atoms with E-state index in [1.807, 2.05) is 13.8 Å². The third-order valence-electron chi connectivity index (χ3n) is 8.30. The predicted molar refractivity (Wildman–Crippen MR) is 162 cm³/mol. The molecule has 3 rings (SSSR count). The van der Waals surface area contributed by atoms with Crippen molar-refractivity contribution in [3.63, 3.8) is 0 Å². The standard InChI is InChI=1S/C32H42F3N3O6S/c1-18(2)26(38(5)28(40)15-21-7-6-8-21)16-27(44-20(4)39)30-37-25(17-45-30)29(41)36-24(13-19(3)31(42)43)14-22-9-11-23(12-10-22)32(33,34)35/h9-12,17-19,21,24,26-27H,6-8,13-16H2,1-5H3,(H,36,41)(H,42,43)/t19-,24+,26?,27+/m0/s1. The van der Waals surface area contributed by atoms with Gasteiger partial charge >= 0.3 is 18.1 Å². The monoisotopic (exact) mass is 653 g/mol. The molecule has 1 aromatic heterocycles. The number of carboxylic acid groups (broad SMARTS) is 1. The number of nitrogens with one attached hydrogen (secondary N) is 1. The number of halogens is 3. The Bertz CT molecular complexity index is 1330. The summed E-state index contributed by atoms with van der Waals surface area (Å²) < 4.78 is 44.6. The summed E-state index contributed by atoms with van der Waals surface area (Å²) in [5.41, 5.74) is -0.282. The third-order valence-corrected chi connectivity index (χ3v) is 9.24. The quantitative estimate of drug-likeness (QED) is 0.217. The maximum absolute atomic E-state index is 13.3. The molecule has 9 nitrogen and oxygen atoms in total. The van der Waals surface area contributed by atoms with Crippen LogP contribution in [-0.2, 0) is 31.7 Å². The van der Waals surface area contributed by atoms with E-state index in [1.165, 1.54) is 31.4 Å². The highest BCUT2D eigenvalue weighted by atomic mass is 32.1. The van der Waals surface area contributed by atoms with Crippen LogP contribution in [0.1, 0.15) is 98.9 Å². The van der Waals surface area contributed by atoms with Crippen molar-refractivity contribution in [2.24, 2.45) is 17.8 Å². The fraction of sp³-hybridized carbons (Fsp3) is 0.594. The summed E-state index contributed by atoms with van der Waals surface area (Å²) in [5.74, 6) is -2.55. The number of nitrogens with zero attached hydrogens (tertiary/aromatic N) is 2. The number of rotatable bonds is 15. The number of aliphatic carboxylic acids is 1. The average molecular weight is 654 g/mol. The predicted octanol–water partition coefficient (Wildman–Crippen LogP) is 6.28. The van der Waals surface area contributed by atoms with Crippen molar-refractivity contribution in [3.05, 3.63) is 51.5 Å². The number of ether oxygens (including phenoxy) is 1. The minimum Gasteiger partial charge on any atom is -0.481 e. The van der Waals surface area contributed by atoms with Gasteiger partial charge in [0.2, 0.25) is 5.91 Å². The fourth-order valence-corrected chi connectivity index (χ4v) is 6.24. The van der Waals surface area contributed by atoms with Crippen molar-refractivity contribution in [2.45, 2.75) is 97.0 Å². The van der Waals surface area contributed by atoms with Gasteiger partial charge in [-0.15, -0.1) is 11.3 Å². The van der Waals surface area contributed by atoms with Gasteiger partial charge in [0.1, 0.15) is 10.7 Å². The number of alkyl halides is 3. The lowest BCUT2D eigenvalue weighted by Gasteiger charge is -2.35. The minimum absolute atomic E-state index is 0.0306. The number of carboxylic acids is 1. The van der Waals surface area contributed by atoms with Crippen molar-refractivity contribution >= 4 is 35.1 Å². The molecule has 0 radical (unpaired) electrons. The summed E-state index contributed by atoms with van der Waals surface area (Å²) in [4.78, 5) is 56.1. The second-order valence-electron chi connectivity index (χ2n) is 12.3. The molecule has 1 fully saturated rings. The van der Waals surface area contributed by atoms with Crippen LogP contribution in [0.3, 0.4) is 0 Å². The number of esters is 1. The van der Waals surface area contributed by atoms with Crippen LogP contribution >= 0.6 is 11.3 Å². The molecule has 2 amide bonds. The largest absolute Gasteiger partial charge is 0.481 e. The molecule has 13 heteroatoms. The fourth-order valence-electron chi connectivity index (χ4n) is 5.40. The van der Waals surface area contributed by atoms with E-state index < -0.39 is 47.6 Å². The number of thiazole rings is 1. The van der Waals surface area contributed by atoms with Crippen LogP contribution in [0.4, 0.5) is 13.2 Å². The number of aromatic nitrogens is 1. The highest BCUT2D eigenvalue weighted by Gasteiger charge is 2.33. The molecule has 1 aromatic carbocycles. The number of hydrogen-bond donors (Lipinski definition) is 2. The summed E-state index contributed by atoms with van der Waals surface area (Å²) >= 11 is 1.13. The molecule has 1 unspecified atom stereocenters. The molecule has 0 aliphatic heterocycles. The lowest BCUT2D eigenvalue weighted by molar-refractivity contribution is -0.148. The average Bonchev–Trinajstić information content (AvgIpc) is 3.42. The zero-order chi connectivity index (χ0) is 33.5. The van der Waals surface area contributed by atoms with Gasteiger partial charge in [0.15, 0.2) is 6.10 Å². The Morgan fingerprint density at radius 1 is 1.11 bits per heavy atom. The van der Waals surface area contributed by atoms with Crippen molar-refractivity contribution in [1.29, 1.82) is 0 Å². The SMILES string of the molecule is CC(=O)O[C@H](CC(C(C)C)N(C)C(=O)CC1CCC1)c1nc(C(=O)N[C@@H](Cc2ccc(C(F)(F)F)cc2)C[C@H](C)C(=O)O)cs1. The molecular formula is C32H42F3N3O6S. The molecule has 1 saturated carbocycles. The third kappa shape index (κ3) is 10.5. The molecule has 2 aromatic rings. The van der Waals surface area contributed by atoms with Gasteiger partial charge in [-0.3, -0.25) is 19.2 Å². The highest BCUT2D eigenvalue weighted by Crippen LogP contribution is 2.33. The second kappa shape index (κ2) is 15.7. The Kier molecular flexibility index (Phi) is 12.5. The van der Waals surface area contributed by atoms with Gasteiger partial charge in [0, 0.05) is 44.3 Å². The van der Waals surface area contributed by atoms with Crippen molar-refractivity contribution < 1.29 is 42.2 Å². The molecule has 248 valence electrons. The van der Waals surface area contributed by atoms with E-state index in [-0.39, 0.29) is 42.8 Å². The normalized spacial score (nSPS) is 16.3. The summed E-state index contributed by atoms with van der Waals surface area (Å²) in [5, 5.41) is 14.1. The maximum atomic E-state index is 13.3. The number of carbonyl (C=O) groups is 4. The Hall–Kier alpha value is -3.48. The lowest BCUT2D eigenvalue weighted by atomic mass is 9.82. The van der Waals surface area contributed by atoms with Crippen molar-refractivity contribution in [2.75, 3.05) is 7.05 Å². The van der Waals surface area contributed by atoms with Gasteiger partial charge in [0.05, 0.1) is 11.5 Å². The smallest absolute Gasteiger partial charge is 0.416 e. The minimum atomic E-state index is -4.49. The Labute approximate surface area is 265 Å². The first-order valence-electron chi connectivity index (χ1n) is 15.1. The van der Waals surface area contributed by atoms with Gasteiger partial charge < -0.3 is 20.1 Å². The Morgan fingerprint density at radius 2 is 1.76 bits per heavy atom. The van der Waals surface area contributed by atoms with Gasteiger partial charge in [-0.25, -0.2) is 4.98 Å². The van der Waals surface area contributed by atoms with Crippen LogP contribution in [-0.4, -0.2) is 57.9 Å². The molecule has 2 N–H and O–H groups in total. The van der Waals surface area contributed by atoms with Crippen LogP contribution < -0.4 is 5.32 Å². The number of carbonyl (C=O) groups excluding carboxylic acids is 3. The molecule has 1 heterocycles. The Morgan fingerprint density at radius 3 is 2.27 bits per heavy atom. The molecule has 1 aliphatic carbocycles. The zero-order valence-corrected chi connectivity index (χ0v) is 27.0. The summed E-state index contributed by atoms with van der Waals surface area (Å²) in [6.07, 6.45) is -1.17. The lowest BCUT2D eigenvalue weighted by Crippen LogP contribution is -2.42. The van der Waals surface area contributed by atoms with Crippen LogP contribution in [0.5, 0.6) is 0 Å². The second-order valence-corrected chi connectivity index (χ2v) is 13.2. The van der Waals surface area contributed by atoms with E-state index in [4.69, 9.17) is 4.74 Å². The first-order valence-corrected chi connectivity index (χ1v) is 16.0. The van der Waals surface area contributed by atoms with Crippen molar-refractivity contribution in [3.8, 4) is 0 Å². The van der Waals surface area contributed by atoms with Gasteiger partial charge in [-0.2, -0.15) is 13.2 Å². The van der Waals surface area contributed by atoms with Gasteiger partial charge in [-0.05, 0) is 55.2 Å². The van der Waals surface area contributed by atoms with E-state index in [1.54, 1.807) is 11.9 Å². The first-order chi connectivity index (χ1) is 21.0. The maximum Gasteiger partial charge on any atom is 0.416 e. The van der Waals surface area contributed by atoms with Crippen LogP contribution in [0.2, 0.25) is 0 Å². The molecule has 0 bridgehead atoms. The van der Waals surface area contributed by atoms with Gasteiger partial charge in [0.25, 0.3) is 5.91 Å². The van der Waals surface area contributed by atoms with Crippen LogP contribution in [0.25, 0.3) is 0 Å². The molecule has 1 aliphatic rings. The summed E-state index contributed by atoms with van der Waals surface area (Å²) in [7, 11) is 1.76. The zero-order valence-electron chi connectivity index (χ0n) is 26.2. The number of amides is 2. The van der Waals surface area contributed by atoms with Crippen LogP contribution in [0, 0.1) is 17.8 Å². The molecule has 45 heavy (non-hydrogen) atoms. The van der Waals surface area contributed by atoms with E-state index in [0.29, 0.717) is 22.9 Å². The molecule has 0 spiro atoms. The molecule has 4 atom stereocenters. The van der Waals surface area contributed by atoms with E-state index in [9.17, 15) is 37.5 Å². The van der Waals surface area contributed by atoms with E-state index in [2.05, 4.69) is 10.3 Å². The van der Waals surface area contributed by atoms with E-state index in [0.717, 1.165) is 42.7 Å². The Balaban J connectivity index is 1.77.